The van der Waals surface area contributed by atoms with Crippen LogP contribution in [0.3, 0.4) is 0 Å². The molecule has 1 amide bonds. The first-order valence-corrected chi connectivity index (χ1v) is 15.1. The zero-order valence-electron chi connectivity index (χ0n) is 22.6. The van der Waals surface area contributed by atoms with Crippen molar-refractivity contribution in [2.45, 2.75) is 32.2 Å². The van der Waals surface area contributed by atoms with Gasteiger partial charge in [0.25, 0.3) is 0 Å². The Hall–Kier alpha value is -3.85. The van der Waals surface area contributed by atoms with Crippen LogP contribution in [0.15, 0.2) is 85.1 Å². The minimum atomic E-state index is -0.133. The van der Waals surface area contributed by atoms with E-state index in [1.54, 1.807) is 29.5 Å². The first kappa shape index (κ1) is 27.3. The number of benzene rings is 3. The monoisotopic (exact) mass is 586 g/mol. The number of rotatable bonds is 3. The van der Waals surface area contributed by atoms with Gasteiger partial charge in [-0.05, 0) is 74.0 Å². The molecule has 210 valence electrons. The molecule has 9 heteroatoms. The molecule has 0 saturated heterocycles. The van der Waals surface area contributed by atoms with Gasteiger partial charge in [0.2, 0.25) is 5.91 Å². The molecule has 0 bridgehead atoms. The Morgan fingerprint density at radius 3 is 2.63 bits per heavy atom. The van der Waals surface area contributed by atoms with E-state index in [0.29, 0.717) is 41.1 Å². The highest BCUT2D eigenvalue weighted by Gasteiger charge is 2.18. The number of aromatic nitrogens is 2. The molecule has 7 nitrogen and oxygen atoms in total. The highest BCUT2D eigenvalue weighted by Crippen LogP contribution is 2.37. The lowest BCUT2D eigenvalue weighted by atomic mass is 10.2. The third kappa shape index (κ3) is 6.73. The Morgan fingerprint density at radius 2 is 1.73 bits per heavy atom. The number of fused-ring (bicyclic) bond motifs is 3. The van der Waals surface area contributed by atoms with Crippen molar-refractivity contribution in [3.05, 3.63) is 95.8 Å². The second kappa shape index (κ2) is 12.8. The molecule has 5 aromatic rings. The summed E-state index contributed by atoms with van der Waals surface area (Å²) >= 11 is 7.98. The Morgan fingerprint density at radius 1 is 0.902 bits per heavy atom. The maximum absolute atomic E-state index is 13.4. The van der Waals surface area contributed by atoms with E-state index in [1.807, 2.05) is 54.7 Å². The van der Waals surface area contributed by atoms with Gasteiger partial charge >= 0.3 is 0 Å². The van der Waals surface area contributed by atoms with Crippen molar-refractivity contribution in [1.29, 1.82) is 0 Å². The van der Waals surface area contributed by atoms with Crippen LogP contribution < -0.4 is 14.8 Å². The fraction of sp³-hybridized carbons (Fsp3) is 0.250. The number of hydrogen-bond donors (Lipinski definition) is 1. The van der Waals surface area contributed by atoms with Gasteiger partial charge in [-0.15, -0.1) is 0 Å². The number of carbonyl (C=O) groups is 1. The average Bonchev–Trinajstić information content (AvgIpc) is 3.61. The van der Waals surface area contributed by atoms with Gasteiger partial charge in [-0.25, -0.2) is 4.98 Å². The van der Waals surface area contributed by atoms with Gasteiger partial charge in [-0.2, -0.15) is 0 Å². The molecule has 1 aliphatic heterocycles. The second-order valence-electron chi connectivity index (χ2n) is 10.0. The Kier molecular flexibility index (Phi) is 8.51. The molecule has 41 heavy (non-hydrogen) atoms. The predicted octanol–water partition coefficient (Wildman–Crippen LogP) is 7.93. The minimum Gasteiger partial charge on any atom is -0.490 e. The van der Waals surface area contributed by atoms with Crippen molar-refractivity contribution in [2.75, 3.05) is 25.0 Å². The molecule has 3 aromatic carbocycles. The second-order valence-corrected chi connectivity index (χ2v) is 11.5. The van der Waals surface area contributed by atoms with Crippen LogP contribution in [0, 0.1) is 0 Å². The van der Waals surface area contributed by atoms with E-state index >= 15 is 0 Å². The molecular weight excluding hydrogens is 556 g/mol. The summed E-state index contributed by atoms with van der Waals surface area (Å²) in [6, 6.07) is 25.1. The zero-order chi connectivity index (χ0) is 28.0. The first-order chi connectivity index (χ1) is 20.1. The number of carbonyl (C=O) groups excluding carboxylic acids is 1. The molecule has 0 aliphatic carbocycles. The largest absolute Gasteiger partial charge is 0.490 e. The molecule has 0 radical (unpaired) electrons. The number of ether oxygens (including phenoxy) is 2. The molecule has 0 fully saturated rings. The van der Waals surface area contributed by atoms with Crippen molar-refractivity contribution >= 4 is 44.7 Å². The summed E-state index contributed by atoms with van der Waals surface area (Å²) in [5.74, 6) is 1.64. The fourth-order valence-corrected chi connectivity index (χ4v) is 6.12. The van der Waals surface area contributed by atoms with Gasteiger partial charge in [0.05, 0.1) is 29.1 Å². The van der Waals surface area contributed by atoms with Crippen LogP contribution in [0.2, 0.25) is 5.02 Å². The van der Waals surface area contributed by atoms with E-state index in [1.165, 1.54) is 0 Å². The lowest BCUT2D eigenvalue weighted by Gasteiger charge is -2.23. The molecule has 0 unspecified atom stereocenters. The first-order valence-electron chi connectivity index (χ1n) is 13.9. The normalized spacial score (nSPS) is 15.4. The van der Waals surface area contributed by atoms with E-state index in [2.05, 4.69) is 26.9 Å². The van der Waals surface area contributed by atoms with Crippen LogP contribution in [-0.2, 0) is 11.3 Å². The molecule has 2 aromatic heterocycles. The number of para-hydroxylation sites is 3. The smallest absolute Gasteiger partial charge is 0.238 e. The number of halogens is 1. The molecule has 1 aliphatic rings. The summed E-state index contributed by atoms with van der Waals surface area (Å²) in [6.07, 6.45) is 6.07. The predicted molar refractivity (Wildman–Crippen MR) is 165 cm³/mol. The van der Waals surface area contributed by atoms with Crippen LogP contribution >= 0.6 is 22.9 Å². The molecule has 0 atom stereocenters. The molecule has 3 heterocycles. The van der Waals surface area contributed by atoms with Crippen LogP contribution in [0.4, 0.5) is 5.69 Å². The minimum absolute atomic E-state index is 0.133. The fourth-order valence-electron chi connectivity index (χ4n) is 4.96. The summed E-state index contributed by atoms with van der Waals surface area (Å²) in [4.78, 5) is 20.4. The van der Waals surface area contributed by atoms with Gasteiger partial charge in [-0.1, -0.05) is 60.0 Å². The average molecular weight is 587 g/mol. The van der Waals surface area contributed by atoms with E-state index in [9.17, 15) is 4.79 Å². The van der Waals surface area contributed by atoms with Gasteiger partial charge < -0.3 is 14.8 Å². The Labute approximate surface area is 248 Å². The zero-order valence-corrected chi connectivity index (χ0v) is 24.2. The highest BCUT2D eigenvalue weighted by molar-refractivity contribution is 7.20. The van der Waals surface area contributed by atoms with E-state index < -0.39 is 0 Å². The van der Waals surface area contributed by atoms with Gasteiger partial charge in [0.15, 0.2) is 22.4 Å². The lowest BCUT2D eigenvalue weighted by molar-refractivity contribution is -0.117. The maximum atomic E-state index is 13.4. The molecule has 0 saturated carbocycles. The van der Waals surface area contributed by atoms with Gasteiger partial charge in [0, 0.05) is 23.5 Å². The summed E-state index contributed by atoms with van der Waals surface area (Å²) in [5, 5.41) is 4.47. The lowest BCUT2D eigenvalue weighted by Crippen LogP contribution is -2.34. The maximum Gasteiger partial charge on any atom is 0.238 e. The van der Waals surface area contributed by atoms with Crippen molar-refractivity contribution in [2.24, 2.45) is 0 Å². The van der Waals surface area contributed by atoms with Crippen LogP contribution in [0.1, 0.15) is 31.4 Å². The number of nitrogens with zero attached hydrogens (tertiary/aromatic N) is 3. The summed E-state index contributed by atoms with van der Waals surface area (Å²) in [6.45, 7) is 2.26. The van der Waals surface area contributed by atoms with Crippen LogP contribution in [-0.4, -0.2) is 40.1 Å². The number of anilines is 1. The highest BCUT2D eigenvalue weighted by atomic mass is 35.5. The number of thiazole rings is 1. The summed E-state index contributed by atoms with van der Waals surface area (Å²) in [7, 11) is 0. The standard InChI is InChI=1S/C32H31ClN4O3S/c33-23-15-16-27-26(20-23)34-31(38)22-36(17-7-1-2-8-19-39-28-12-4-5-13-29(28)40-27)21-24-10-9-18-37(24)32-35-25-11-3-6-14-30(25)41-32/h3-6,9-16,18,20H,1-2,7-8,17,19,21-22H2,(H,34,38). The Balaban J connectivity index is 1.24. The third-order valence-corrected chi connectivity index (χ3v) is 8.26. The van der Waals surface area contributed by atoms with Crippen molar-refractivity contribution in [1.82, 2.24) is 14.5 Å². The van der Waals surface area contributed by atoms with Crippen LogP contribution in [0.25, 0.3) is 15.3 Å². The SMILES string of the molecule is O=C1CN(Cc2cccn2-c2nc3ccccc3s2)CCCCCCOc2ccccc2Oc2ccc(Cl)cc2N1. The topological polar surface area (TPSA) is 68.6 Å². The van der Waals surface area contributed by atoms with E-state index in [-0.39, 0.29) is 12.5 Å². The quantitative estimate of drug-likeness (QED) is 0.232. The van der Waals surface area contributed by atoms with E-state index in [4.69, 9.17) is 26.1 Å². The van der Waals surface area contributed by atoms with Crippen molar-refractivity contribution in [3.8, 4) is 22.4 Å². The molecule has 0 spiro atoms. The van der Waals surface area contributed by atoms with Crippen LogP contribution in [0.5, 0.6) is 17.2 Å². The van der Waals surface area contributed by atoms with Crippen molar-refractivity contribution < 1.29 is 14.3 Å². The number of amides is 1. The van der Waals surface area contributed by atoms with E-state index in [0.717, 1.165) is 53.3 Å². The number of hydrogen-bond acceptors (Lipinski definition) is 6. The third-order valence-electron chi connectivity index (χ3n) is 6.99. The number of nitrogens with one attached hydrogen (secondary N) is 1. The summed E-state index contributed by atoms with van der Waals surface area (Å²) < 4.78 is 15.6. The van der Waals surface area contributed by atoms with Gasteiger partial charge in [0.1, 0.15) is 0 Å². The molecule has 6 rings (SSSR count). The van der Waals surface area contributed by atoms with Crippen molar-refractivity contribution in [3.63, 3.8) is 0 Å². The molecule has 1 N–H and O–H groups in total. The molecular formula is C32H31ClN4O3S. The summed E-state index contributed by atoms with van der Waals surface area (Å²) in [5.41, 5.74) is 2.59. The van der Waals surface area contributed by atoms with Gasteiger partial charge in [-0.3, -0.25) is 14.3 Å². The Bertz CT molecular complexity index is 1620.